The zero-order chi connectivity index (χ0) is 21.7. The Morgan fingerprint density at radius 3 is 2.63 bits per heavy atom. The van der Waals surface area contributed by atoms with E-state index in [9.17, 15) is 4.79 Å². The fourth-order valence-corrected chi connectivity index (χ4v) is 4.51. The topological polar surface area (TPSA) is 36.1 Å². The molecule has 1 amide bonds. The van der Waals surface area contributed by atoms with Crippen LogP contribution in [0.5, 0.6) is 0 Å². The van der Waals surface area contributed by atoms with Crippen LogP contribution in [0.3, 0.4) is 0 Å². The minimum absolute atomic E-state index is 0.532. The van der Waals surface area contributed by atoms with Crippen LogP contribution in [0.4, 0.5) is 0 Å². The number of aryl methyl sites for hydroxylation is 1. The van der Waals surface area contributed by atoms with Crippen LogP contribution >= 0.6 is 0 Å². The average Bonchev–Trinajstić information content (AvgIpc) is 3.15. The Morgan fingerprint density at radius 1 is 1.30 bits per heavy atom. The molecule has 1 atom stereocenters. The van der Waals surface area contributed by atoms with Crippen molar-refractivity contribution in [3.63, 3.8) is 0 Å². The fraction of sp³-hybridized carbons (Fsp3) is 0.444. The van der Waals surface area contributed by atoms with Gasteiger partial charge in [0.15, 0.2) is 0 Å². The predicted molar refractivity (Wildman–Crippen MR) is 129 cm³/mol. The van der Waals surface area contributed by atoms with Crippen LogP contribution in [-0.4, -0.2) is 29.4 Å². The number of aromatic amines is 1. The van der Waals surface area contributed by atoms with Gasteiger partial charge < -0.3 is 9.88 Å². The van der Waals surface area contributed by atoms with E-state index in [0.717, 1.165) is 45.2 Å². The van der Waals surface area contributed by atoms with E-state index in [-0.39, 0.29) is 0 Å². The van der Waals surface area contributed by atoms with E-state index >= 15 is 0 Å². The third-order valence-electron chi connectivity index (χ3n) is 6.79. The van der Waals surface area contributed by atoms with E-state index in [2.05, 4.69) is 69.6 Å². The van der Waals surface area contributed by atoms with Gasteiger partial charge in [-0.25, -0.2) is 0 Å². The van der Waals surface area contributed by atoms with Crippen LogP contribution in [0.15, 0.2) is 48.6 Å². The number of piperidine rings is 1. The molecule has 0 spiro atoms. The number of nitrogens with one attached hydrogen (secondary N) is 1. The first-order valence-corrected chi connectivity index (χ1v) is 11.4. The lowest BCUT2D eigenvalue weighted by molar-refractivity contribution is -0.119. The number of nitrogens with zero attached hydrogens (tertiary/aromatic N) is 1. The van der Waals surface area contributed by atoms with Crippen molar-refractivity contribution in [2.24, 2.45) is 5.92 Å². The molecule has 1 fully saturated rings. The lowest BCUT2D eigenvalue weighted by atomic mass is 9.88. The van der Waals surface area contributed by atoms with Gasteiger partial charge in [-0.3, -0.25) is 4.79 Å². The van der Waals surface area contributed by atoms with Crippen LogP contribution in [-0.2, 0) is 11.2 Å². The molecule has 0 radical (unpaired) electrons. The second-order valence-electron chi connectivity index (χ2n) is 8.61. The van der Waals surface area contributed by atoms with Gasteiger partial charge in [0.25, 0.3) is 0 Å². The molecule has 1 N–H and O–H groups in total. The summed E-state index contributed by atoms with van der Waals surface area (Å²) in [6.45, 7) is 14.6. The van der Waals surface area contributed by atoms with Crippen molar-refractivity contribution in [3.8, 4) is 0 Å². The summed E-state index contributed by atoms with van der Waals surface area (Å²) in [6, 6.07) is 6.88. The Morgan fingerprint density at radius 2 is 2.03 bits per heavy atom. The Balaban J connectivity index is 2.01. The molecule has 0 bridgehead atoms. The maximum atomic E-state index is 11.0. The Kier molecular flexibility index (Phi) is 7.36. The molecule has 3 nitrogen and oxygen atoms in total. The first-order chi connectivity index (χ1) is 14.5. The first-order valence-electron chi connectivity index (χ1n) is 11.4. The SMILES string of the molecule is C=C/C=C(\C=C(\C)C(C)CC)c1[nH]c2ccc(C3CCN(C=O)CC3)cc2c1CC. The van der Waals surface area contributed by atoms with E-state index in [1.54, 1.807) is 0 Å². The summed E-state index contributed by atoms with van der Waals surface area (Å²) in [5, 5.41) is 1.33. The second-order valence-corrected chi connectivity index (χ2v) is 8.61. The molecule has 1 saturated heterocycles. The molecule has 1 unspecified atom stereocenters. The smallest absolute Gasteiger partial charge is 0.209 e. The largest absolute Gasteiger partial charge is 0.354 e. The number of carbonyl (C=O) groups is 1. The summed E-state index contributed by atoms with van der Waals surface area (Å²) in [5.74, 6) is 1.10. The van der Waals surface area contributed by atoms with Crippen molar-refractivity contribution in [2.75, 3.05) is 13.1 Å². The molecule has 3 rings (SSSR count). The number of benzene rings is 1. The van der Waals surface area contributed by atoms with Crippen LogP contribution in [0, 0.1) is 5.92 Å². The van der Waals surface area contributed by atoms with E-state index < -0.39 is 0 Å². The Labute approximate surface area is 181 Å². The van der Waals surface area contributed by atoms with Gasteiger partial charge in [-0.15, -0.1) is 0 Å². The summed E-state index contributed by atoms with van der Waals surface area (Å²) in [4.78, 5) is 16.6. The van der Waals surface area contributed by atoms with Crippen molar-refractivity contribution in [1.29, 1.82) is 0 Å². The molecule has 1 aliphatic heterocycles. The second kappa shape index (κ2) is 9.97. The number of H-pyrrole nitrogens is 1. The molecule has 1 aromatic heterocycles. The van der Waals surface area contributed by atoms with E-state index in [1.165, 1.54) is 38.9 Å². The van der Waals surface area contributed by atoms with Crippen molar-refractivity contribution in [3.05, 3.63) is 65.4 Å². The minimum Gasteiger partial charge on any atom is -0.354 e. The molecule has 160 valence electrons. The highest BCUT2D eigenvalue weighted by Crippen LogP contribution is 2.34. The van der Waals surface area contributed by atoms with Gasteiger partial charge in [0.2, 0.25) is 6.41 Å². The number of aromatic nitrogens is 1. The van der Waals surface area contributed by atoms with Gasteiger partial charge >= 0.3 is 0 Å². The first kappa shape index (κ1) is 22.1. The van der Waals surface area contributed by atoms with Crippen LogP contribution in [0.25, 0.3) is 16.5 Å². The summed E-state index contributed by atoms with van der Waals surface area (Å²) in [6.07, 6.45) is 11.5. The molecular weight excluding hydrogens is 368 g/mol. The van der Waals surface area contributed by atoms with Gasteiger partial charge in [-0.1, -0.05) is 57.2 Å². The van der Waals surface area contributed by atoms with E-state index in [1.807, 2.05) is 11.0 Å². The van der Waals surface area contributed by atoms with Gasteiger partial charge in [0.1, 0.15) is 0 Å². The minimum atomic E-state index is 0.532. The Hall–Kier alpha value is -2.55. The van der Waals surface area contributed by atoms with Gasteiger partial charge in [0.05, 0.1) is 0 Å². The lowest BCUT2D eigenvalue weighted by Crippen LogP contribution is -2.31. The van der Waals surface area contributed by atoms with Gasteiger partial charge in [0, 0.05) is 29.7 Å². The number of fused-ring (bicyclic) bond motifs is 1. The molecule has 2 heterocycles. The predicted octanol–water partition coefficient (Wildman–Crippen LogP) is 6.63. The summed E-state index contributed by atoms with van der Waals surface area (Å²) in [5.41, 5.74) is 7.78. The number of carbonyl (C=O) groups excluding carboxylic acids is 1. The number of likely N-dealkylation sites (tertiary alicyclic amines) is 1. The van der Waals surface area contributed by atoms with Gasteiger partial charge in [-0.05, 0) is 73.3 Å². The number of hydrogen-bond acceptors (Lipinski definition) is 1. The maximum Gasteiger partial charge on any atom is 0.209 e. The van der Waals surface area contributed by atoms with Crippen molar-refractivity contribution in [2.45, 2.75) is 59.3 Å². The van der Waals surface area contributed by atoms with Crippen molar-refractivity contribution in [1.82, 2.24) is 9.88 Å². The average molecular weight is 405 g/mol. The highest BCUT2D eigenvalue weighted by atomic mass is 16.1. The quantitative estimate of drug-likeness (QED) is 0.389. The number of hydrogen-bond donors (Lipinski definition) is 1. The fourth-order valence-electron chi connectivity index (χ4n) is 4.51. The third kappa shape index (κ3) is 4.61. The van der Waals surface area contributed by atoms with E-state index in [0.29, 0.717) is 11.8 Å². The summed E-state index contributed by atoms with van der Waals surface area (Å²) in [7, 11) is 0. The molecular formula is C27H36N2O. The monoisotopic (exact) mass is 404 g/mol. The molecule has 2 aromatic rings. The summed E-state index contributed by atoms with van der Waals surface area (Å²) >= 11 is 0. The third-order valence-corrected chi connectivity index (χ3v) is 6.79. The molecule has 1 aromatic carbocycles. The molecule has 0 saturated carbocycles. The van der Waals surface area contributed by atoms with Crippen LogP contribution < -0.4 is 0 Å². The van der Waals surface area contributed by atoms with Crippen molar-refractivity contribution >= 4 is 22.9 Å². The molecule has 30 heavy (non-hydrogen) atoms. The molecule has 3 heteroatoms. The molecule has 1 aliphatic rings. The normalized spacial score (nSPS) is 17.4. The zero-order valence-corrected chi connectivity index (χ0v) is 19.0. The number of rotatable bonds is 8. The van der Waals surface area contributed by atoms with E-state index in [4.69, 9.17) is 0 Å². The summed E-state index contributed by atoms with van der Waals surface area (Å²) < 4.78 is 0. The van der Waals surface area contributed by atoms with Crippen LogP contribution in [0.2, 0.25) is 0 Å². The highest BCUT2D eigenvalue weighted by Gasteiger charge is 2.21. The highest BCUT2D eigenvalue weighted by molar-refractivity contribution is 5.92. The lowest BCUT2D eigenvalue weighted by Gasteiger charge is -2.29. The van der Waals surface area contributed by atoms with Gasteiger partial charge in [-0.2, -0.15) is 0 Å². The Bertz CT molecular complexity index is 955. The standard InChI is InChI=1S/C27H36N2O/c1-6-9-23(16-20(5)19(4)7-2)27-24(8-3)25-17-22(10-11-26(25)28-27)21-12-14-29(18-30)15-13-21/h6,9-11,16-19,21,28H,1,7-8,12-15H2,2-5H3/b20-16-,23-9+. The van der Waals surface area contributed by atoms with Crippen molar-refractivity contribution < 1.29 is 4.79 Å². The maximum absolute atomic E-state index is 11.0. The number of allylic oxidation sites excluding steroid dienone is 5. The number of amides is 1. The molecule has 0 aliphatic carbocycles. The van der Waals surface area contributed by atoms with Crippen LogP contribution in [0.1, 0.15) is 69.7 Å². The zero-order valence-electron chi connectivity index (χ0n) is 19.0.